The van der Waals surface area contributed by atoms with Crippen molar-refractivity contribution in [3.8, 4) is 0 Å². The van der Waals surface area contributed by atoms with Crippen LogP contribution in [0.5, 0.6) is 0 Å². The van der Waals surface area contributed by atoms with Crippen molar-refractivity contribution in [2.24, 2.45) is 0 Å². The van der Waals surface area contributed by atoms with Crippen molar-refractivity contribution in [2.45, 2.75) is 17.7 Å². The van der Waals surface area contributed by atoms with Gasteiger partial charge in [0.2, 0.25) is 11.8 Å². The topological polar surface area (TPSA) is 49.4 Å². The number of thioether (sulfide) groups is 1. The molecule has 0 aromatic heterocycles. The Hall–Kier alpha value is -1.98. The summed E-state index contributed by atoms with van der Waals surface area (Å²) in [5, 5.41) is 3.50. The molecular weight excluding hydrogens is 344 g/mol. The molecule has 124 valence electrons. The van der Waals surface area contributed by atoms with E-state index in [-0.39, 0.29) is 17.6 Å². The maximum absolute atomic E-state index is 12.1. The predicted octanol–water partition coefficient (Wildman–Crippen LogP) is 4.20. The highest BCUT2D eigenvalue weighted by molar-refractivity contribution is 8.00. The second-order valence-corrected chi connectivity index (χ2v) is 6.89. The van der Waals surface area contributed by atoms with E-state index < -0.39 is 0 Å². The van der Waals surface area contributed by atoms with Gasteiger partial charge in [0.15, 0.2) is 0 Å². The molecule has 1 aliphatic rings. The van der Waals surface area contributed by atoms with Gasteiger partial charge in [-0.05, 0) is 42.8 Å². The number of nitrogens with one attached hydrogen (secondary N) is 1. The van der Waals surface area contributed by atoms with Crippen LogP contribution in [-0.2, 0) is 9.59 Å². The summed E-state index contributed by atoms with van der Waals surface area (Å²) >= 11 is 7.48. The van der Waals surface area contributed by atoms with Gasteiger partial charge in [-0.15, -0.1) is 11.8 Å². The van der Waals surface area contributed by atoms with Crippen LogP contribution >= 0.6 is 23.4 Å². The molecule has 0 radical (unpaired) electrons. The smallest absolute Gasteiger partial charge is 0.234 e. The van der Waals surface area contributed by atoms with Crippen LogP contribution in [0.3, 0.4) is 0 Å². The molecule has 4 nitrogen and oxygen atoms in total. The molecule has 0 bridgehead atoms. The number of carbonyl (C=O) groups is 2. The zero-order valence-electron chi connectivity index (χ0n) is 13.0. The third-order valence-corrected chi connectivity index (χ3v) is 5.25. The molecule has 6 heteroatoms. The lowest BCUT2D eigenvalue weighted by molar-refractivity contribution is -0.117. The molecule has 0 atom stereocenters. The summed E-state index contributed by atoms with van der Waals surface area (Å²) in [5.41, 5.74) is 1.59. The Morgan fingerprint density at radius 2 is 1.92 bits per heavy atom. The first-order valence-electron chi connectivity index (χ1n) is 7.71. The zero-order chi connectivity index (χ0) is 16.9. The number of halogens is 1. The molecule has 24 heavy (non-hydrogen) atoms. The average Bonchev–Trinajstić information content (AvgIpc) is 3.01. The highest BCUT2D eigenvalue weighted by Gasteiger charge is 2.21. The standard InChI is InChI=1S/C18H17ClN2O2S/c19-15-4-1-2-5-16(15)24-12-17(22)20-13-7-9-14(10-8-13)21-11-3-6-18(21)23/h1-2,4-5,7-10H,3,6,11-12H2,(H,20,22). The molecule has 1 fully saturated rings. The Morgan fingerprint density at radius 3 is 2.58 bits per heavy atom. The Kier molecular flexibility index (Phi) is 5.43. The second-order valence-electron chi connectivity index (χ2n) is 5.46. The van der Waals surface area contributed by atoms with E-state index in [0.717, 1.165) is 29.2 Å². The van der Waals surface area contributed by atoms with Gasteiger partial charge in [0.1, 0.15) is 0 Å². The Morgan fingerprint density at radius 1 is 1.17 bits per heavy atom. The van der Waals surface area contributed by atoms with Gasteiger partial charge in [0.25, 0.3) is 0 Å². The van der Waals surface area contributed by atoms with Crippen LogP contribution in [0.2, 0.25) is 5.02 Å². The minimum Gasteiger partial charge on any atom is -0.325 e. The van der Waals surface area contributed by atoms with Crippen LogP contribution in [0.15, 0.2) is 53.4 Å². The fourth-order valence-electron chi connectivity index (χ4n) is 2.55. The van der Waals surface area contributed by atoms with Gasteiger partial charge < -0.3 is 10.2 Å². The molecule has 3 rings (SSSR count). The van der Waals surface area contributed by atoms with E-state index in [1.165, 1.54) is 11.8 Å². The summed E-state index contributed by atoms with van der Waals surface area (Å²) in [4.78, 5) is 26.4. The van der Waals surface area contributed by atoms with E-state index in [2.05, 4.69) is 5.32 Å². The highest BCUT2D eigenvalue weighted by Crippen LogP contribution is 2.27. The van der Waals surface area contributed by atoms with Crippen molar-refractivity contribution < 1.29 is 9.59 Å². The van der Waals surface area contributed by atoms with Crippen molar-refractivity contribution in [3.05, 3.63) is 53.6 Å². The minimum absolute atomic E-state index is 0.0927. The normalized spacial score (nSPS) is 14.0. The number of hydrogen-bond donors (Lipinski definition) is 1. The van der Waals surface area contributed by atoms with E-state index in [0.29, 0.717) is 11.4 Å². The fraction of sp³-hybridized carbons (Fsp3) is 0.222. The monoisotopic (exact) mass is 360 g/mol. The van der Waals surface area contributed by atoms with Crippen LogP contribution in [0.4, 0.5) is 11.4 Å². The summed E-state index contributed by atoms with van der Waals surface area (Å²) < 4.78 is 0. The lowest BCUT2D eigenvalue weighted by Crippen LogP contribution is -2.23. The molecule has 1 aliphatic heterocycles. The summed E-state index contributed by atoms with van der Waals surface area (Å²) in [5.74, 6) is 0.351. The zero-order valence-corrected chi connectivity index (χ0v) is 14.6. The van der Waals surface area contributed by atoms with Gasteiger partial charge in [-0.3, -0.25) is 9.59 Å². The third kappa shape index (κ3) is 4.10. The van der Waals surface area contributed by atoms with Crippen LogP contribution in [0.1, 0.15) is 12.8 Å². The van der Waals surface area contributed by atoms with Crippen molar-refractivity contribution >= 4 is 46.6 Å². The maximum Gasteiger partial charge on any atom is 0.234 e. The molecule has 1 N–H and O–H groups in total. The summed E-state index contributed by atoms with van der Waals surface area (Å²) in [6.45, 7) is 0.763. The van der Waals surface area contributed by atoms with Crippen molar-refractivity contribution in [3.63, 3.8) is 0 Å². The SMILES string of the molecule is O=C(CSc1ccccc1Cl)Nc1ccc(N2CCCC2=O)cc1. The highest BCUT2D eigenvalue weighted by atomic mass is 35.5. The first-order chi connectivity index (χ1) is 11.6. The van der Waals surface area contributed by atoms with Crippen molar-refractivity contribution in [2.75, 3.05) is 22.5 Å². The quantitative estimate of drug-likeness (QED) is 0.813. The molecule has 1 heterocycles. The second kappa shape index (κ2) is 7.73. The van der Waals surface area contributed by atoms with Gasteiger partial charge in [0, 0.05) is 29.2 Å². The first kappa shape index (κ1) is 16.9. The van der Waals surface area contributed by atoms with Crippen LogP contribution in [0, 0.1) is 0 Å². The Balaban J connectivity index is 1.55. The summed E-state index contributed by atoms with van der Waals surface area (Å²) in [6.07, 6.45) is 1.51. The van der Waals surface area contributed by atoms with E-state index in [9.17, 15) is 9.59 Å². The molecule has 2 aromatic rings. The lowest BCUT2D eigenvalue weighted by Gasteiger charge is -2.16. The number of amides is 2. The van der Waals surface area contributed by atoms with E-state index in [1.54, 1.807) is 11.0 Å². The number of benzene rings is 2. The number of rotatable bonds is 5. The molecular formula is C18H17ClN2O2S. The van der Waals surface area contributed by atoms with Gasteiger partial charge in [-0.1, -0.05) is 23.7 Å². The average molecular weight is 361 g/mol. The van der Waals surface area contributed by atoms with E-state index in [1.807, 2.05) is 42.5 Å². The van der Waals surface area contributed by atoms with E-state index in [4.69, 9.17) is 11.6 Å². The number of carbonyl (C=O) groups excluding carboxylic acids is 2. The number of hydrogen-bond acceptors (Lipinski definition) is 3. The maximum atomic E-state index is 12.1. The molecule has 0 unspecified atom stereocenters. The number of nitrogens with zero attached hydrogens (tertiary/aromatic N) is 1. The van der Waals surface area contributed by atoms with Crippen LogP contribution < -0.4 is 10.2 Å². The van der Waals surface area contributed by atoms with Crippen LogP contribution in [0.25, 0.3) is 0 Å². The van der Waals surface area contributed by atoms with Gasteiger partial charge >= 0.3 is 0 Å². The van der Waals surface area contributed by atoms with Crippen LogP contribution in [-0.4, -0.2) is 24.1 Å². The first-order valence-corrected chi connectivity index (χ1v) is 9.07. The molecule has 0 aliphatic carbocycles. The lowest BCUT2D eigenvalue weighted by atomic mass is 10.2. The molecule has 2 amide bonds. The largest absolute Gasteiger partial charge is 0.325 e. The van der Waals surface area contributed by atoms with Gasteiger partial charge in [0.05, 0.1) is 10.8 Å². The minimum atomic E-state index is -0.0927. The Labute approximate surface area is 150 Å². The third-order valence-electron chi connectivity index (χ3n) is 3.73. The summed E-state index contributed by atoms with van der Waals surface area (Å²) in [6, 6.07) is 14.8. The molecule has 0 saturated carbocycles. The van der Waals surface area contributed by atoms with Gasteiger partial charge in [-0.2, -0.15) is 0 Å². The summed E-state index contributed by atoms with van der Waals surface area (Å²) in [7, 11) is 0. The van der Waals surface area contributed by atoms with Crippen molar-refractivity contribution in [1.29, 1.82) is 0 Å². The molecule has 1 saturated heterocycles. The number of anilines is 2. The fourth-order valence-corrected chi connectivity index (χ4v) is 3.59. The molecule has 2 aromatic carbocycles. The van der Waals surface area contributed by atoms with Gasteiger partial charge in [-0.25, -0.2) is 0 Å². The molecule has 0 spiro atoms. The predicted molar refractivity (Wildman–Crippen MR) is 98.8 cm³/mol. The Bertz CT molecular complexity index is 749. The van der Waals surface area contributed by atoms with E-state index >= 15 is 0 Å². The van der Waals surface area contributed by atoms with Crippen molar-refractivity contribution in [1.82, 2.24) is 0 Å².